The molecular weight excluding hydrogens is 297 g/mol. The molecule has 0 radical (unpaired) electrons. The zero-order chi connectivity index (χ0) is 15.6. The van der Waals surface area contributed by atoms with Gasteiger partial charge in [0.25, 0.3) is 0 Å². The van der Waals surface area contributed by atoms with Gasteiger partial charge in [0, 0.05) is 31.9 Å². The van der Waals surface area contributed by atoms with Crippen molar-refractivity contribution >= 4 is 7.48 Å². The first kappa shape index (κ1) is 15.7. The monoisotopic (exact) mass is 314 g/mol. The first-order chi connectivity index (χ1) is 10.6. The molecule has 2 saturated heterocycles. The van der Waals surface area contributed by atoms with Crippen molar-refractivity contribution in [1.82, 2.24) is 0 Å². The highest BCUT2D eigenvalue weighted by Crippen LogP contribution is 2.30. The minimum Gasteiger partial charge on any atom is -0.485 e. The Morgan fingerprint density at radius 3 is 2.55 bits per heavy atom. The van der Waals surface area contributed by atoms with E-state index in [0.717, 1.165) is 0 Å². The summed E-state index contributed by atoms with van der Waals surface area (Å²) >= 11 is 0. The third-order valence-electron chi connectivity index (χ3n) is 4.02. The quantitative estimate of drug-likeness (QED) is 0.669. The van der Waals surface area contributed by atoms with Crippen LogP contribution in [0.5, 0.6) is 5.75 Å². The van der Waals surface area contributed by atoms with Crippen LogP contribution in [-0.4, -0.2) is 44.6 Å². The average molecular weight is 314 g/mol. The Balaban J connectivity index is 1.70. The van der Waals surface area contributed by atoms with E-state index in [9.17, 15) is 13.9 Å². The first-order valence-electron chi connectivity index (χ1n) is 7.24. The van der Waals surface area contributed by atoms with Gasteiger partial charge >= 0.3 is 7.48 Å². The highest BCUT2D eigenvalue weighted by Gasteiger charge is 2.32. The maximum absolute atomic E-state index is 14.1. The molecular formula is C14H17BF2O5. The Morgan fingerprint density at radius 1 is 1.27 bits per heavy atom. The molecule has 1 aromatic rings. The van der Waals surface area contributed by atoms with E-state index < -0.39 is 23.0 Å². The summed E-state index contributed by atoms with van der Waals surface area (Å²) in [4.78, 5) is 9.48. The summed E-state index contributed by atoms with van der Waals surface area (Å²) in [5.74, 6) is -2.25. The van der Waals surface area contributed by atoms with Crippen LogP contribution in [0.4, 0.5) is 8.78 Å². The maximum atomic E-state index is 14.1. The number of hydrogen-bond donors (Lipinski definition) is 1. The van der Waals surface area contributed by atoms with Crippen LogP contribution in [0.1, 0.15) is 24.2 Å². The van der Waals surface area contributed by atoms with E-state index in [4.69, 9.17) is 19.2 Å². The minimum absolute atomic E-state index is 0.167. The van der Waals surface area contributed by atoms with Gasteiger partial charge in [-0.05, 0) is 17.7 Å². The van der Waals surface area contributed by atoms with Crippen LogP contribution in [-0.2, 0) is 14.4 Å². The highest BCUT2D eigenvalue weighted by molar-refractivity contribution is 6.30. The molecule has 0 aliphatic carbocycles. The van der Waals surface area contributed by atoms with Gasteiger partial charge in [-0.3, -0.25) is 4.89 Å². The predicted octanol–water partition coefficient (Wildman–Crippen LogP) is 1.24. The Hall–Kier alpha value is -1.22. The van der Waals surface area contributed by atoms with Crippen molar-refractivity contribution < 1.29 is 33.1 Å². The molecule has 2 fully saturated rings. The van der Waals surface area contributed by atoms with E-state index in [2.05, 4.69) is 0 Å². The topological polar surface area (TPSA) is 57.2 Å². The van der Waals surface area contributed by atoms with Crippen molar-refractivity contribution in [2.75, 3.05) is 26.4 Å². The van der Waals surface area contributed by atoms with Gasteiger partial charge in [0.2, 0.25) is 0 Å². The summed E-state index contributed by atoms with van der Waals surface area (Å²) in [6.07, 6.45) is 0.760. The second kappa shape index (κ2) is 6.50. The molecule has 2 heterocycles. The molecule has 0 spiro atoms. The van der Waals surface area contributed by atoms with Gasteiger partial charge in [0.15, 0.2) is 17.4 Å². The van der Waals surface area contributed by atoms with Crippen molar-refractivity contribution in [3.63, 3.8) is 0 Å². The predicted molar refractivity (Wildman–Crippen MR) is 73.8 cm³/mol. The Labute approximate surface area is 127 Å². The average Bonchev–Trinajstić information content (AvgIpc) is 3.01. The van der Waals surface area contributed by atoms with E-state index in [1.165, 1.54) is 12.1 Å². The minimum atomic E-state index is -1.11. The summed E-state index contributed by atoms with van der Waals surface area (Å²) in [6.45, 7) is 0.912. The normalized spacial score (nSPS) is 24.0. The lowest BCUT2D eigenvalue weighted by Gasteiger charge is -2.31. The molecule has 0 amide bonds. The van der Waals surface area contributed by atoms with Crippen LogP contribution < -0.4 is 4.74 Å². The van der Waals surface area contributed by atoms with Gasteiger partial charge < -0.3 is 19.4 Å². The van der Waals surface area contributed by atoms with Crippen molar-refractivity contribution in [1.29, 1.82) is 0 Å². The fourth-order valence-electron chi connectivity index (χ4n) is 2.56. The van der Waals surface area contributed by atoms with Crippen LogP contribution in [0.3, 0.4) is 0 Å². The van der Waals surface area contributed by atoms with Gasteiger partial charge in [-0.15, -0.1) is 0 Å². The second-order valence-electron chi connectivity index (χ2n) is 5.71. The van der Waals surface area contributed by atoms with Crippen LogP contribution >= 0.6 is 0 Å². The van der Waals surface area contributed by atoms with Gasteiger partial charge in [0.05, 0.1) is 6.61 Å². The van der Waals surface area contributed by atoms with Gasteiger partial charge in [-0.1, -0.05) is 0 Å². The number of halogens is 2. The fraction of sp³-hybridized carbons (Fsp3) is 0.571. The molecule has 0 saturated carbocycles. The molecule has 2 aliphatic rings. The van der Waals surface area contributed by atoms with Gasteiger partial charge in [0.1, 0.15) is 12.2 Å². The fourth-order valence-corrected chi connectivity index (χ4v) is 2.56. The molecule has 1 aromatic carbocycles. The zero-order valence-electron chi connectivity index (χ0n) is 12.0. The van der Waals surface area contributed by atoms with Crippen LogP contribution in [0.15, 0.2) is 12.1 Å². The van der Waals surface area contributed by atoms with E-state index in [1.807, 2.05) is 0 Å². The number of benzene rings is 1. The van der Waals surface area contributed by atoms with Gasteiger partial charge in [-0.2, -0.15) is 0 Å². The molecule has 120 valence electrons. The molecule has 3 rings (SSSR count). The largest absolute Gasteiger partial charge is 0.485 e. The molecule has 1 atom stereocenters. The molecule has 5 nitrogen and oxygen atoms in total. The van der Waals surface area contributed by atoms with Crippen molar-refractivity contribution in [3.05, 3.63) is 29.3 Å². The lowest BCUT2D eigenvalue weighted by atomic mass is 9.76. The summed E-state index contributed by atoms with van der Waals surface area (Å²) < 4.78 is 38.5. The van der Waals surface area contributed by atoms with E-state index in [-0.39, 0.29) is 26.5 Å². The molecule has 0 aromatic heterocycles. The maximum Gasteiger partial charge on any atom is 0.333 e. The summed E-state index contributed by atoms with van der Waals surface area (Å²) in [5.41, 5.74) is -0.646. The smallest absolute Gasteiger partial charge is 0.333 e. The molecule has 2 aliphatic heterocycles. The first-order valence-corrected chi connectivity index (χ1v) is 7.24. The van der Waals surface area contributed by atoms with Crippen LogP contribution in [0, 0.1) is 11.6 Å². The highest BCUT2D eigenvalue weighted by atomic mass is 19.1. The Morgan fingerprint density at radius 2 is 1.95 bits per heavy atom. The van der Waals surface area contributed by atoms with Crippen LogP contribution in [0.2, 0.25) is 0 Å². The summed E-state index contributed by atoms with van der Waals surface area (Å²) in [7, 11) is 0.263. The Bertz CT molecular complexity index is 507. The lowest BCUT2D eigenvalue weighted by Crippen LogP contribution is -2.41. The number of rotatable bonds is 4. The van der Waals surface area contributed by atoms with E-state index in [0.29, 0.717) is 31.6 Å². The molecule has 0 bridgehead atoms. The van der Waals surface area contributed by atoms with Crippen molar-refractivity contribution in [3.8, 4) is 5.75 Å². The van der Waals surface area contributed by atoms with E-state index >= 15 is 0 Å². The zero-order valence-corrected chi connectivity index (χ0v) is 12.0. The standard InChI is InChI=1S/C14H17BF2O5/c16-11-5-9(10-7-21-22-15-10)6-12(17)13(11)20-8-14(18)1-3-19-4-2-14/h5-6,10,15,18H,1-4,7-8H2. The second-order valence-corrected chi connectivity index (χ2v) is 5.71. The molecule has 8 heteroatoms. The van der Waals surface area contributed by atoms with Gasteiger partial charge in [-0.25, -0.2) is 8.78 Å². The Kier molecular flexibility index (Phi) is 4.63. The van der Waals surface area contributed by atoms with Crippen LogP contribution in [0.25, 0.3) is 0 Å². The molecule has 1 N–H and O–H groups in total. The summed E-state index contributed by atoms with van der Waals surface area (Å²) in [5, 5.41) is 10.3. The third-order valence-corrected chi connectivity index (χ3v) is 4.02. The number of hydrogen-bond acceptors (Lipinski definition) is 5. The third kappa shape index (κ3) is 3.40. The van der Waals surface area contributed by atoms with E-state index in [1.54, 1.807) is 0 Å². The lowest BCUT2D eigenvalue weighted by molar-refractivity contribution is -0.183. The number of ether oxygens (including phenoxy) is 2. The SMILES string of the molecule is OC1(COc2c(F)cc(C3BOOC3)cc2F)CCOCC1. The molecule has 1 unspecified atom stereocenters. The van der Waals surface area contributed by atoms with Crippen molar-refractivity contribution in [2.45, 2.75) is 24.3 Å². The molecule has 22 heavy (non-hydrogen) atoms. The van der Waals surface area contributed by atoms with Crippen molar-refractivity contribution in [2.24, 2.45) is 0 Å². The number of aliphatic hydroxyl groups is 1. The summed E-state index contributed by atoms with van der Waals surface area (Å²) in [6, 6.07) is 2.43.